The van der Waals surface area contributed by atoms with Crippen molar-refractivity contribution in [2.75, 3.05) is 13.2 Å². The second-order valence-electron chi connectivity index (χ2n) is 4.06. The summed E-state index contributed by atoms with van der Waals surface area (Å²) in [5, 5.41) is 2.14. The summed E-state index contributed by atoms with van der Waals surface area (Å²) in [7, 11) is 0. The zero-order valence-corrected chi connectivity index (χ0v) is 9.59. The molecule has 0 spiro atoms. The van der Waals surface area contributed by atoms with E-state index in [-0.39, 0.29) is 0 Å². The molecule has 1 aromatic rings. The Kier molecular flexibility index (Phi) is 3.21. The molecule has 1 unspecified atom stereocenters. The number of epoxide rings is 1. The normalized spacial score (nSPS) is 20.7. The standard InChI is InChI=1S/C11H17NOS/c1-9(2)12(6-10-8-13-10)7-11-4-3-5-14-11/h3-5,9-10H,6-8H2,1-2H3. The quantitative estimate of drug-likeness (QED) is 0.695. The summed E-state index contributed by atoms with van der Waals surface area (Å²) < 4.78 is 5.27. The molecule has 0 amide bonds. The van der Waals surface area contributed by atoms with Crippen LogP contribution in [-0.2, 0) is 11.3 Å². The topological polar surface area (TPSA) is 15.8 Å². The fraction of sp³-hybridized carbons (Fsp3) is 0.636. The van der Waals surface area contributed by atoms with Gasteiger partial charge in [0.2, 0.25) is 0 Å². The predicted molar refractivity (Wildman–Crippen MR) is 59.6 cm³/mol. The Morgan fingerprint density at radius 3 is 2.93 bits per heavy atom. The molecule has 1 saturated heterocycles. The third-order valence-electron chi connectivity index (χ3n) is 2.51. The molecule has 0 aromatic carbocycles. The van der Waals surface area contributed by atoms with Crippen LogP contribution < -0.4 is 0 Å². The molecular formula is C11H17NOS. The van der Waals surface area contributed by atoms with Gasteiger partial charge in [-0.25, -0.2) is 0 Å². The highest BCUT2D eigenvalue weighted by molar-refractivity contribution is 7.09. The van der Waals surface area contributed by atoms with Gasteiger partial charge in [0.1, 0.15) is 0 Å². The molecule has 2 heterocycles. The van der Waals surface area contributed by atoms with Crippen LogP contribution >= 0.6 is 11.3 Å². The van der Waals surface area contributed by atoms with Gasteiger partial charge in [-0.05, 0) is 25.3 Å². The monoisotopic (exact) mass is 211 g/mol. The first-order valence-corrected chi connectivity index (χ1v) is 6.01. The maximum atomic E-state index is 5.27. The largest absolute Gasteiger partial charge is 0.372 e. The molecule has 2 nitrogen and oxygen atoms in total. The lowest BCUT2D eigenvalue weighted by Gasteiger charge is -2.24. The van der Waals surface area contributed by atoms with E-state index in [0.717, 1.165) is 19.7 Å². The second kappa shape index (κ2) is 4.43. The van der Waals surface area contributed by atoms with Crippen LogP contribution in [-0.4, -0.2) is 30.2 Å². The predicted octanol–water partition coefficient (Wildman–Crippen LogP) is 2.36. The average Bonchev–Trinajstić information content (AvgIpc) is 2.80. The van der Waals surface area contributed by atoms with Crippen LogP contribution in [0.25, 0.3) is 0 Å². The number of rotatable bonds is 5. The Bertz CT molecular complexity index is 267. The van der Waals surface area contributed by atoms with Crippen LogP contribution in [0.4, 0.5) is 0 Å². The van der Waals surface area contributed by atoms with Gasteiger partial charge in [-0.2, -0.15) is 0 Å². The van der Waals surface area contributed by atoms with Crippen molar-refractivity contribution in [3.8, 4) is 0 Å². The van der Waals surface area contributed by atoms with Gasteiger partial charge in [-0.3, -0.25) is 4.90 Å². The molecular weight excluding hydrogens is 194 g/mol. The van der Waals surface area contributed by atoms with Crippen LogP contribution in [0.2, 0.25) is 0 Å². The van der Waals surface area contributed by atoms with E-state index in [2.05, 4.69) is 36.3 Å². The molecule has 1 atom stereocenters. The lowest BCUT2D eigenvalue weighted by molar-refractivity contribution is 0.193. The van der Waals surface area contributed by atoms with Crippen molar-refractivity contribution in [2.24, 2.45) is 0 Å². The summed E-state index contributed by atoms with van der Waals surface area (Å²) in [4.78, 5) is 3.92. The fourth-order valence-corrected chi connectivity index (χ4v) is 2.23. The summed E-state index contributed by atoms with van der Waals surface area (Å²) >= 11 is 1.83. The molecule has 78 valence electrons. The van der Waals surface area contributed by atoms with Crippen LogP contribution in [0, 0.1) is 0 Å². The summed E-state index contributed by atoms with van der Waals surface area (Å²) in [6, 6.07) is 4.92. The van der Waals surface area contributed by atoms with Crippen molar-refractivity contribution in [3.05, 3.63) is 22.4 Å². The third-order valence-corrected chi connectivity index (χ3v) is 3.37. The van der Waals surface area contributed by atoms with Crippen molar-refractivity contribution >= 4 is 11.3 Å². The third kappa shape index (κ3) is 2.80. The highest BCUT2D eigenvalue weighted by Crippen LogP contribution is 2.18. The van der Waals surface area contributed by atoms with Crippen LogP contribution in [0.1, 0.15) is 18.7 Å². The first kappa shape index (κ1) is 10.1. The van der Waals surface area contributed by atoms with E-state index >= 15 is 0 Å². The van der Waals surface area contributed by atoms with E-state index in [9.17, 15) is 0 Å². The Morgan fingerprint density at radius 2 is 2.43 bits per heavy atom. The molecule has 0 radical (unpaired) electrons. The lowest BCUT2D eigenvalue weighted by Crippen LogP contribution is -2.33. The van der Waals surface area contributed by atoms with Crippen LogP contribution in [0.5, 0.6) is 0 Å². The lowest BCUT2D eigenvalue weighted by atomic mass is 10.2. The van der Waals surface area contributed by atoms with Gasteiger partial charge in [-0.15, -0.1) is 11.3 Å². The fourth-order valence-electron chi connectivity index (χ4n) is 1.50. The maximum absolute atomic E-state index is 5.27. The van der Waals surface area contributed by atoms with Gasteiger partial charge in [0.15, 0.2) is 0 Å². The van der Waals surface area contributed by atoms with E-state index in [0.29, 0.717) is 12.1 Å². The summed E-state index contributed by atoms with van der Waals surface area (Å²) in [5.74, 6) is 0. The van der Waals surface area contributed by atoms with Crippen molar-refractivity contribution in [2.45, 2.75) is 32.5 Å². The molecule has 1 aromatic heterocycles. The molecule has 14 heavy (non-hydrogen) atoms. The van der Waals surface area contributed by atoms with Gasteiger partial charge in [-0.1, -0.05) is 6.07 Å². The summed E-state index contributed by atoms with van der Waals surface area (Å²) in [5.41, 5.74) is 0. The number of ether oxygens (including phenoxy) is 1. The van der Waals surface area contributed by atoms with Crippen molar-refractivity contribution < 1.29 is 4.74 Å². The van der Waals surface area contributed by atoms with Crippen LogP contribution in [0.3, 0.4) is 0 Å². The first-order valence-electron chi connectivity index (χ1n) is 5.13. The van der Waals surface area contributed by atoms with E-state index in [1.165, 1.54) is 4.88 Å². The molecule has 2 rings (SSSR count). The molecule has 0 saturated carbocycles. The molecule has 0 aliphatic carbocycles. The highest BCUT2D eigenvalue weighted by Gasteiger charge is 2.26. The zero-order chi connectivity index (χ0) is 9.97. The van der Waals surface area contributed by atoms with E-state index in [1.54, 1.807) is 0 Å². The van der Waals surface area contributed by atoms with Gasteiger partial charge in [0.25, 0.3) is 0 Å². The smallest absolute Gasteiger partial charge is 0.0936 e. The number of hydrogen-bond acceptors (Lipinski definition) is 3. The molecule has 0 bridgehead atoms. The van der Waals surface area contributed by atoms with E-state index in [1.807, 2.05) is 11.3 Å². The zero-order valence-electron chi connectivity index (χ0n) is 8.77. The first-order chi connectivity index (χ1) is 6.75. The summed E-state index contributed by atoms with van der Waals surface area (Å²) in [6.07, 6.45) is 0.498. The Labute approximate surface area is 89.5 Å². The molecule has 1 fully saturated rings. The highest BCUT2D eigenvalue weighted by atomic mass is 32.1. The van der Waals surface area contributed by atoms with Gasteiger partial charge in [0, 0.05) is 24.0 Å². The molecule has 1 aliphatic rings. The molecule has 3 heteroatoms. The summed E-state index contributed by atoms with van der Waals surface area (Å²) in [6.45, 7) is 7.59. The van der Waals surface area contributed by atoms with Crippen molar-refractivity contribution in [3.63, 3.8) is 0 Å². The second-order valence-corrected chi connectivity index (χ2v) is 5.09. The Morgan fingerprint density at radius 1 is 1.64 bits per heavy atom. The van der Waals surface area contributed by atoms with Crippen molar-refractivity contribution in [1.82, 2.24) is 4.90 Å². The number of nitrogens with zero attached hydrogens (tertiary/aromatic N) is 1. The molecule has 0 N–H and O–H groups in total. The van der Waals surface area contributed by atoms with Crippen molar-refractivity contribution in [1.29, 1.82) is 0 Å². The molecule has 1 aliphatic heterocycles. The van der Waals surface area contributed by atoms with E-state index in [4.69, 9.17) is 4.74 Å². The SMILES string of the molecule is CC(C)N(Cc1cccs1)CC1CO1. The maximum Gasteiger partial charge on any atom is 0.0936 e. The van der Waals surface area contributed by atoms with E-state index < -0.39 is 0 Å². The Balaban J connectivity index is 1.89. The average molecular weight is 211 g/mol. The minimum Gasteiger partial charge on any atom is -0.372 e. The number of thiophene rings is 1. The Hall–Kier alpha value is -0.380. The van der Waals surface area contributed by atoms with Crippen LogP contribution in [0.15, 0.2) is 17.5 Å². The van der Waals surface area contributed by atoms with Gasteiger partial charge >= 0.3 is 0 Å². The van der Waals surface area contributed by atoms with Gasteiger partial charge < -0.3 is 4.74 Å². The number of hydrogen-bond donors (Lipinski definition) is 0. The van der Waals surface area contributed by atoms with Gasteiger partial charge in [0.05, 0.1) is 12.7 Å². The minimum absolute atomic E-state index is 0.498. The minimum atomic E-state index is 0.498.